The fourth-order valence-corrected chi connectivity index (χ4v) is 2.34. The van der Waals surface area contributed by atoms with Crippen molar-refractivity contribution in [2.75, 3.05) is 0 Å². The van der Waals surface area contributed by atoms with Crippen LogP contribution < -0.4 is 10.8 Å². The van der Waals surface area contributed by atoms with Gasteiger partial charge in [0.05, 0.1) is 6.61 Å². The molecule has 0 bridgehead atoms. The van der Waals surface area contributed by atoms with Crippen molar-refractivity contribution in [3.63, 3.8) is 0 Å². The lowest BCUT2D eigenvalue weighted by atomic mass is 10.1. The first-order valence-corrected chi connectivity index (χ1v) is 9.34. The fourth-order valence-electron chi connectivity index (χ4n) is 2.34. The third-order valence-corrected chi connectivity index (χ3v) is 3.65. The molecule has 0 saturated carbocycles. The molecule has 1 rings (SSSR count). The maximum Gasteiger partial charge on any atom is 0.408 e. The number of carboxylic acids is 1. The number of ether oxygens (including phenoxy) is 1. The molecule has 1 aromatic rings. The molecule has 0 radical (unpaired) electrons. The number of benzene rings is 1. The molecular formula is C20H30N2O6. The first-order valence-electron chi connectivity index (χ1n) is 9.34. The summed E-state index contributed by atoms with van der Waals surface area (Å²) in [5.41, 5.74) is 2.66. The largest absolute Gasteiger partial charge is 0.480 e. The molecule has 1 aromatic carbocycles. The zero-order valence-corrected chi connectivity index (χ0v) is 16.7. The number of hydroxylamine groups is 1. The second-order valence-corrected chi connectivity index (χ2v) is 7.44. The number of carbonyl (C=O) groups excluding carboxylic acids is 2. The summed E-state index contributed by atoms with van der Waals surface area (Å²) in [6, 6.07) is 8.47. The molecule has 3 N–H and O–H groups in total. The molecule has 8 heteroatoms. The number of unbranched alkanes of at least 4 members (excludes halogenated alkanes) is 2. The highest BCUT2D eigenvalue weighted by molar-refractivity contribution is 5.80. The van der Waals surface area contributed by atoms with Crippen LogP contribution in [0.25, 0.3) is 0 Å². The summed E-state index contributed by atoms with van der Waals surface area (Å²) in [4.78, 5) is 39.8. The van der Waals surface area contributed by atoms with Gasteiger partial charge in [-0.3, -0.25) is 9.63 Å². The second kappa shape index (κ2) is 12.0. The van der Waals surface area contributed by atoms with E-state index in [9.17, 15) is 19.5 Å². The van der Waals surface area contributed by atoms with Crippen LogP contribution in [0.4, 0.5) is 4.79 Å². The molecule has 156 valence electrons. The smallest absolute Gasteiger partial charge is 0.408 e. The van der Waals surface area contributed by atoms with E-state index in [1.54, 1.807) is 20.8 Å². The fraction of sp³-hybridized carbons (Fsp3) is 0.550. The number of rotatable bonds is 11. The van der Waals surface area contributed by atoms with Gasteiger partial charge in [-0.25, -0.2) is 15.1 Å². The lowest BCUT2D eigenvalue weighted by Gasteiger charge is -2.22. The van der Waals surface area contributed by atoms with Gasteiger partial charge in [0.25, 0.3) is 0 Å². The normalized spacial score (nSPS) is 12.1. The number of nitrogens with one attached hydrogen (secondary N) is 2. The highest BCUT2D eigenvalue weighted by Crippen LogP contribution is 2.10. The first kappa shape index (κ1) is 23.4. The van der Waals surface area contributed by atoms with E-state index in [1.165, 1.54) is 0 Å². The number of carboxylic acid groups (broad SMARTS) is 1. The Morgan fingerprint density at radius 3 is 2.36 bits per heavy atom. The number of hydrogen-bond donors (Lipinski definition) is 3. The van der Waals surface area contributed by atoms with Gasteiger partial charge in [-0.05, 0) is 39.2 Å². The first-order chi connectivity index (χ1) is 13.2. The van der Waals surface area contributed by atoms with Gasteiger partial charge >= 0.3 is 12.1 Å². The van der Waals surface area contributed by atoms with Crippen molar-refractivity contribution in [2.24, 2.45) is 0 Å². The minimum Gasteiger partial charge on any atom is -0.480 e. The lowest BCUT2D eigenvalue weighted by Crippen LogP contribution is -2.43. The van der Waals surface area contributed by atoms with E-state index in [-0.39, 0.29) is 18.7 Å². The highest BCUT2D eigenvalue weighted by Gasteiger charge is 2.23. The van der Waals surface area contributed by atoms with E-state index in [4.69, 9.17) is 9.57 Å². The van der Waals surface area contributed by atoms with E-state index in [0.717, 1.165) is 5.56 Å². The Kier molecular flexibility index (Phi) is 10.0. The van der Waals surface area contributed by atoms with Crippen molar-refractivity contribution < 1.29 is 29.1 Å². The molecule has 0 saturated heterocycles. The van der Waals surface area contributed by atoms with Crippen LogP contribution >= 0.6 is 0 Å². The summed E-state index contributed by atoms with van der Waals surface area (Å²) in [6.07, 6.45) is 1.61. The molecule has 0 aliphatic heterocycles. The van der Waals surface area contributed by atoms with Crippen molar-refractivity contribution in [1.82, 2.24) is 10.8 Å². The molecule has 0 heterocycles. The van der Waals surface area contributed by atoms with Gasteiger partial charge in [-0.2, -0.15) is 0 Å². The Morgan fingerprint density at radius 1 is 1.07 bits per heavy atom. The van der Waals surface area contributed by atoms with Gasteiger partial charge in [0.15, 0.2) is 0 Å². The van der Waals surface area contributed by atoms with Gasteiger partial charge in [-0.15, -0.1) is 0 Å². The van der Waals surface area contributed by atoms with E-state index < -0.39 is 23.7 Å². The molecular weight excluding hydrogens is 364 g/mol. The van der Waals surface area contributed by atoms with E-state index in [2.05, 4.69) is 10.8 Å². The van der Waals surface area contributed by atoms with Crippen LogP contribution in [0, 0.1) is 0 Å². The van der Waals surface area contributed by atoms with Crippen LogP contribution in [-0.4, -0.2) is 34.7 Å². The maximum atomic E-state index is 11.7. The average Bonchev–Trinajstić information content (AvgIpc) is 2.59. The molecule has 28 heavy (non-hydrogen) atoms. The monoisotopic (exact) mass is 394 g/mol. The minimum atomic E-state index is -1.11. The molecule has 0 spiro atoms. The number of alkyl carbamates (subject to hydrolysis) is 1. The molecule has 1 atom stereocenters. The molecule has 2 amide bonds. The molecule has 0 aliphatic carbocycles. The van der Waals surface area contributed by atoms with Crippen LogP contribution in [-0.2, 0) is 25.8 Å². The standard InChI is InChI=1S/C20H30N2O6/c1-20(2,3)28-19(26)21-16(18(24)25)12-8-5-9-13-17(23)22-27-14-15-10-6-4-7-11-15/h4,6-7,10-11,16H,5,8-9,12-14H2,1-3H3,(H,21,26)(H,22,23)(H,24,25)/t16-/m0/s1. The lowest BCUT2D eigenvalue weighted by molar-refractivity contribution is -0.139. The summed E-state index contributed by atoms with van der Waals surface area (Å²) in [7, 11) is 0. The Labute approximate surface area is 165 Å². The summed E-state index contributed by atoms with van der Waals surface area (Å²) >= 11 is 0. The molecule has 0 aliphatic rings. The Bertz CT molecular complexity index is 627. The topological polar surface area (TPSA) is 114 Å². The van der Waals surface area contributed by atoms with Gasteiger partial charge in [-0.1, -0.05) is 43.2 Å². The van der Waals surface area contributed by atoms with Crippen LogP contribution in [0.1, 0.15) is 58.4 Å². The summed E-state index contributed by atoms with van der Waals surface area (Å²) in [5, 5.41) is 11.6. The Hall–Kier alpha value is -2.61. The third kappa shape index (κ3) is 11.2. The van der Waals surface area contributed by atoms with Crippen LogP contribution in [0.3, 0.4) is 0 Å². The van der Waals surface area contributed by atoms with E-state index in [1.807, 2.05) is 30.3 Å². The summed E-state index contributed by atoms with van der Waals surface area (Å²) < 4.78 is 5.07. The van der Waals surface area contributed by atoms with Crippen molar-refractivity contribution in [3.05, 3.63) is 35.9 Å². The molecule has 0 aromatic heterocycles. The maximum absolute atomic E-state index is 11.7. The number of aliphatic carboxylic acids is 1. The Balaban J connectivity index is 2.16. The van der Waals surface area contributed by atoms with Gasteiger partial charge in [0.1, 0.15) is 11.6 Å². The minimum absolute atomic E-state index is 0.224. The van der Waals surface area contributed by atoms with Crippen LogP contribution in [0.5, 0.6) is 0 Å². The number of amides is 2. The quantitative estimate of drug-likeness (QED) is 0.392. The van der Waals surface area contributed by atoms with Crippen LogP contribution in [0.2, 0.25) is 0 Å². The number of hydrogen-bond acceptors (Lipinski definition) is 5. The Morgan fingerprint density at radius 2 is 1.75 bits per heavy atom. The van der Waals surface area contributed by atoms with Crippen LogP contribution in [0.15, 0.2) is 30.3 Å². The summed E-state index contributed by atoms with van der Waals surface area (Å²) in [5.74, 6) is -1.34. The predicted molar refractivity (Wildman–Crippen MR) is 103 cm³/mol. The zero-order valence-electron chi connectivity index (χ0n) is 16.7. The average molecular weight is 394 g/mol. The molecule has 0 fully saturated rings. The molecule has 0 unspecified atom stereocenters. The van der Waals surface area contributed by atoms with E-state index >= 15 is 0 Å². The van der Waals surface area contributed by atoms with Gasteiger partial charge < -0.3 is 15.2 Å². The van der Waals surface area contributed by atoms with Gasteiger partial charge in [0.2, 0.25) is 5.91 Å². The highest BCUT2D eigenvalue weighted by atomic mass is 16.6. The number of carbonyl (C=O) groups is 3. The van der Waals surface area contributed by atoms with Crippen molar-refractivity contribution in [3.8, 4) is 0 Å². The zero-order chi connectivity index (χ0) is 21.0. The summed E-state index contributed by atoms with van der Waals surface area (Å²) in [6.45, 7) is 5.41. The SMILES string of the molecule is CC(C)(C)OC(=O)N[C@@H](CCCCCC(=O)NOCc1ccccc1)C(=O)O. The van der Waals surface area contributed by atoms with Gasteiger partial charge in [0, 0.05) is 6.42 Å². The predicted octanol–water partition coefficient (Wildman–Crippen LogP) is 3.16. The third-order valence-electron chi connectivity index (χ3n) is 3.65. The molecule has 8 nitrogen and oxygen atoms in total. The van der Waals surface area contributed by atoms with Crippen molar-refractivity contribution >= 4 is 18.0 Å². The van der Waals surface area contributed by atoms with E-state index in [0.29, 0.717) is 25.9 Å². The van der Waals surface area contributed by atoms with Crippen molar-refractivity contribution in [1.29, 1.82) is 0 Å². The van der Waals surface area contributed by atoms with Crippen molar-refractivity contribution in [2.45, 2.75) is 71.1 Å². The second-order valence-electron chi connectivity index (χ2n) is 7.44.